The van der Waals surface area contributed by atoms with Crippen molar-refractivity contribution in [1.82, 2.24) is 4.90 Å². The molecule has 19 heavy (non-hydrogen) atoms. The molecule has 1 aliphatic rings. The summed E-state index contributed by atoms with van der Waals surface area (Å²) in [5.74, 6) is -0.00761. The van der Waals surface area contributed by atoms with Gasteiger partial charge in [0.2, 0.25) is 0 Å². The highest BCUT2D eigenvalue weighted by molar-refractivity contribution is 5.81. The normalized spacial score (nSPS) is 24.7. The first-order valence-electron chi connectivity index (χ1n) is 6.65. The van der Waals surface area contributed by atoms with Crippen LogP contribution in [0.25, 0.3) is 0 Å². The van der Waals surface area contributed by atoms with Crippen LogP contribution in [0, 0.1) is 0 Å². The van der Waals surface area contributed by atoms with E-state index in [0.29, 0.717) is 12.8 Å². The van der Waals surface area contributed by atoms with Crippen molar-refractivity contribution in [2.45, 2.75) is 24.7 Å². The van der Waals surface area contributed by atoms with Gasteiger partial charge in [0.25, 0.3) is 0 Å². The number of carboxylic acids is 1. The zero-order chi connectivity index (χ0) is 13.9. The third-order valence-electron chi connectivity index (χ3n) is 4.10. The molecular weight excluding hydrogens is 242 g/mol. The number of hydrogen-bond donors (Lipinski definition) is 1. The summed E-state index contributed by atoms with van der Waals surface area (Å²) in [7, 11) is 3.65. The van der Waals surface area contributed by atoms with Crippen LogP contribution in [0.15, 0.2) is 24.3 Å². The maximum atomic E-state index is 11.9. The lowest BCUT2D eigenvalue weighted by molar-refractivity contribution is -0.144. The van der Waals surface area contributed by atoms with Crippen molar-refractivity contribution in [1.29, 1.82) is 0 Å². The lowest BCUT2D eigenvalue weighted by Crippen LogP contribution is -2.36. The SMILES string of the molecule is COc1cccc(C2(C(=O)O)CCCN(C)CC2)c1. The Labute approximate surface area is 114 Å². The molecule has 0 amide bonds. The van der Waals surface area contributed by atoms with Crippen molar-refractivity contribution < 1.29 is 14.6 Å². The van der Waals surface area contributed by atoms with Gasteiger partial charge < -0.3 is 14.7 Å². The topological polar surface area (TPSA) is 49.8 Å². The van der Waals surface area contributed by atoms with Gasteiger partial charge in [0, 0.05) is 0 Å². The summed E-state index contributed by atoms with van der Waals surface area (Å²) in [5, 5.41) is 9.76. The molecule has 4 heteroatoms. The maximum absolute atomic E-state index is 11.9. The minimum absolute atomic E-state index is 0.645. The zero-order valence-corrected chi connectivity index (χ0v) is 11.6. The number of carbonyl (C=O) groups is 1. The highest BCUT2D eigenvalue weighted by atomic mass is 16.5. The van der Waals surface area contributed by atoms with Crippen molar-refractivity contribution in [3.8, 4) is 5.75 Å². The maximum Gasteiger partial charge on any atom is 0.314 e. The molecular formula is C15H21NO3. The van der Waals surface area contributed by atoms with Gasteiger partial charge in [-0.25, -0.2) is 0 Å². The van der Waals surface area contributed by atoms with Crippen molar-refractivity contribution in [3.63, 3.8) is 0 Å². The van der Waals surface area contributed by atoms with Gasteiger partial charge >= 0.3 is 5.97 Å². The van der Waals surface area contributed by atoms with Gasteiger partial charge in [-0.1, -0.05) is 12.1 Å². The summed E-state index contributed by atoms with van der Waals surface area (Å²) in [6.45, 7) is 1.77. The molecule has 0 aromatic heterocycles. The number of benzene rings is 1. The Hall–Kier alpha value is -1.55. The Bertz CT molecular complexity index is 460. The molecule has 0 bridgehead atoms. The van der Waals surface area contributed by atoms with E-state index in [1.165, 1.54) is 0 Å². The van der Waals surface area contributed by atoms with Gasteiger partial charge in [-0.05, 0) is 57.1 Å². The lowest BCUT2D eigenvalue weighted by Gasteiger charge is -2.29. The minimum atomic E-state index is -0.778. The molecule has 1 aromatic carbocycles. The molecule has 0 radical (unpaired) electrons. The summed E-state index contributed by atoms with van der Waals surface area (Å²) in [5.41, 5.74) is 0.0777. The predicted octanol–water partition coefficient (Wildman–Crippen LogP) is 2.13. The Morgan fingerprint density at radius 1 is 1.37 bits per heavy atom. The monoisotopic (exact) mass is 263 g/mol. The largest absolute Gasteiger partial charge is 0.497 e. The van der Waals surface area contributed by atoms with E-state index in [4.69, 9.17) is 4.74 Å². The number of carboxylic acid groups (broad SMARTS) is 1. The van der Waals surface area contributed by atoms with Crippen LogP contribution < -0.4 is 4.74 Å². The highest BCUT2D eigenvalue weighted by Gasteiger charge is 2.41. The molecule has 1 heterocycles. The molecule has 1 saturated heterocycles. The summed E-state index contributed by atoms with van der Waals surface area (Å²) in [6, 6.07) is 7.48. The molecule has 0 spiro atoms. The quantitative estimate of drug-likeness (QED) is 0.907. The Morgan fingerprint density at radius 3 is 2.84 bits per heavy atom. The van der Waals surface area contributed by atoms with Gasteiger partial charge in [0.15, 0.2) is 0 Å². The Morgan fingerprint density at radius 2 is 2.16 bits per heavy atom. The summed E-state index contributed by atoms with van der Waals surface area (Å²) >= 11 is 0. The van der Waals surface area contributed by atoms with E-state index < -0.39 is 11.4 Å². The third kappa shape index (κ3) is 2.73. The number of rotatable bonds is 3. The number of nitrogens with zero attached hydrogens (tertiary/aromatic N) is 1. The summed E-state index contributed by atoms with van der Waals surface area (Å²) in [4.78, 5) is 14.1. The number of methoxy groups -OCH3 is 1. The van der Waals surface area contributed by atoms with Gasteiger partial charge in [0.1, 0.15) is 5.75 Å². The first-order valence-corrected chi connectivity index (χ1v) is 6.65. The summed E-state index contributed by atoms with van der Waals surface area (Å²) < 4.78 is 5.22. The number of ether oxygens (including phenoxy) is 1. The standard InChI is InChI=1S/C15H21NO3/c1-16-9-4-7-15(8-10-16,14(17)18)12-5-3-6-13(11-12)19-2/h3,5-6,11H,4,7-10H2,1-2H3,(H,17,18). The van der Waals surface area contributed by atoms with E-state index in [0.717, 1.165) is 30.8 Å². The van der Waals surface area contributed by atoms with Crippen molar-refractivity contribution in [3.05, 3.63) is 29.8 Å². The first kappa shape index (κ1) is 13.9. The third-order valence-corrected chi connectivity index (χ3v) is 4.10. The number of likely N-dealkylation sites (tertiary alicyclic amines) is 1. The van der Waals surface area contributed by atoms with E-state index in [1.54, 1.807) is 7.11 Å². The van der Waals surface area contributed by atoms with Crippen LogP contribution in [0.5, 0.6) is 5.75 Å². The average molecular weight is 263 g/mol. The van der Waals surface area contributed by atoms with Crippen molar-refractivity contribution >= 4 is 5.97 Å². The van der Waals surface area contributed by atoms with Crippen molar-refractivity contribution in [2.75, 3.05) is 27.2 Å². The molecule has 0 aliphatic carbocycles. The van der Waals surface area contributed by atoms with Crippen LogP contribution in [0.4, 0.5) is 0 Å². The van der Waals surface area contributed by atoms with Crippen LogP contribution >= 0.6 is 0 Å². The molecule has 2 rings (SSSR count). The second-order valence-electron chi connectivity index (χ2n) is 5.28. The van der Waals surface area contributed by atoms with Crippen LogP contribution in [0.1, 0.15) is 24.8 Å². The molecule has 1 atom stereocenters. The van der Waals surface area contributed by atoms with Crippen LogP contribution in [0.2, 0.25) is 0 Å². The fourth-order valence-corrected chi connectivity index (χ4v) is 2.82. The van der Waals surface area contributed by atoms with E-state index in [2.05, 4.69) is 4.90 Å². The van der Waals surface area contributed by atoms with E-state index >= 15 is 0 Å². The number of aliphatic carboxylic acids is 1. The minimum Gasteiger partial charge on any atom is -0.497 e. The van der Waals surface area contributed by atoms with Crippen LogP contribution in [-0.2, 0) is 10.2 Å². The lowest BCUT2D eigenvalue weighted by atomic mass is 9.74. The molecule has 1 fully saturated rings. The zero-order valence-electron chi connectivity index (χ0n) is 11.6. The van der Waals surface area contributed by atoms with E-state index in [1.807, 2.05) is 31.3 Å². The van der Waals surface area contributed by atoms with Gasteiger partial charge in [-0.15, -0.1) is 0 Å². The average Bonchev–Trinajstić information content (AvgIpc) is 2.62. The van der Waals surface area contributed by atoms with Gasteiger partial charge in [-0.2, -0.15) is 0 Å². The second-order valence-corrected chi connectivity index (χ2v) is 5.28. The highest BCUT2D eigenvalue weighted by Crippen LogP contribution is 2.37. The second kappa shape index (κ2) is 5.61. The van der Waals surface area contributed by atoms with E-state index in [9.17, 15) is 9.90 Å². The summed E-state index contributed by atoms with van der Waals surface area (Å²) in [6.07, 6.45) is 2.23. The molecule has 1 aromatic rings. The van der Waals surface area contributed by atoms with Crippen LogP contribution in [-0.4, -0.2) is 43.2 Å². The fraction of sp³-hybridized carbons (Fsp3) is 0.533. The fourth-order valence-electron chi connectivity index (χ4n) is 2.82. The predicted molar refractivity (Wildman–Crippen MR) is 73.7 cm³/mol. The van der Waals surface area contributed by atoms with Crippen molar-refractivity contribution in [2.24, 2.45) is 0 Å². The van der Waals surface area contributed by atoms with Gasteiger partial charge in [-0.3, -0.25) is 4.79 Å². The Kier molecular flexibility index (Phi) is 4.10. The molecule has 4 nitrogen and oxygen atoms in total. The van der Waals surface area contributed by atoms with Gasteiger partial charge in [0.05, 0.1) is 12.5 Å². The Balaban J connectivity index is 2.40. The smallest absolute Gasteiger partial charge is 0.314 e. The molecule has 0 saturated carbocycles. The van der Waals surface area contributed by atoms with E-state index in [-0.39, 0.29) is 0 Å². The first-order chi connectivity index (χ1) is 9.08. The van der Waals surface area contributed by atoms with Crippen LogP contribution in [0.3, 0.4) is 0 Å². The molecule has 104 valence electrons. The molecule has 1 N–H and O–H groups in total. The molecule has 1 aliphatic heterocycles. The molecule has 1 unspecified atom stereocenters. The number of hydrogen-bond acceptors (Lipinski definition) is 3.